The molecule has 1 aliphatic rings. The molecule has 3 rings (SSSR count). The molecule has 8 nitrogen and oxygen atoms in total. The minimum atomic E-state index is -0.951. The number of amides is 2. The number of carbonyl (C=O) groups is 3. The van der Waals surface area contributed by atoms with Crippen LogP contribution >= 0.6 is 0 Å². The molecular formula is C24H27N3O5. The summed E-state index contributed by atoms with van der Waals surface area (Å²) in [6.07, 6.45) is 1.89. The smallest absolute Gasteiger partial charge is 0.331 e. The van der Waals surface area contributed by atoms with Gasteiger partial charge in [0.15, 0.2) is 6.10 Å². The lowest BCUT2D eigenvalue weighted by molar-refractivity contribution is -0.148. The van der Waals surface area contributed by atoms with Crippen molar-refractivity contribution < 1.29 is 23.9 Å². The molecule has 0 radical (unpaired) electrons. The molecule has 1 saturated heterocycles. The maximum absolute atomic E-state index is 12.4. The third-order valence-electron chi connectivity index (χ3n) is 4.82. The summed E-state index contributed by atoms with van der Waals surface area (Å²) >= 11 is 0. The SMILES string of the molecule is CC(=O)Nc1ccc(/C=C/C(=O)OC(C)C(=O)Nc2ccc(N3CCOCC3)cc2)cc1. The summed E-state index contributed by atoms with van der Waals surface area (Å²) in [6.45, 7) is 6.04. The largest absolute Gasteiger partial charge is 0.449 e. The van der Waals surface area contributed by atoms with Crippen LogP contribution in [-0.4, -0.2) is 50.2 Å². The average Bonchev–Trinajstić information content (AvgIpc) is 2.79. The van der Waals surface area contributed by atoms with Crippen molar-refractivity contribution in [3.05, 3.63) is 60.2 Å². The molecule has 1 fully saturated rings. The van der Waals surface area contributed by atoms with Crippen LogP contribution < -0.4 is 15.5 Å². The Labute approximate surface area is 187 Å². The molecule has 1 heterocycles. The Kier molecular flexibility index (Phi) is 7.99. The Bertz CT molecular complexity index is 964. The van der Waals surface area contributed by atoms with Gasteiger partial charge in [-0.3, -0.25) is 9.59 Å². The molecule has 1 unspecified atom stereocenters. The van der Waals surface area contributed by atoms with E-state index >= 15 is 0 Å². The first-order chi connectivity index (χ1) is 15.4. The van der Waals surface area contributed by atoms with Gasteiger partial charge in [-0.2, -0.15) is 0 Å². The Morgan fingerprint density at radius 1 is 0.969 bits per heavy atom. The normalized spacial score (nSPS) is 14.6. The Balaban J connectivity index is 1.47. The lowest BCUT2D eigenvalue weighted by Crippen LogP contribution is -2.36. The lowest BCUT2D eigenvalue weighted by Gasteiger charge is -2.28. The summed E-state index contributed by atoms with van der Waals surface area (Å²) in [6, 6.07) is 14.5. The predicted molar refractivity (Wildman–Crippen MR) is 123 cm³/mol. The zero-order valence-electron chi connectivity index (χ0n) is 18.2. The van der Waals surface area contributed by atoms with E-state index in [2.05, 4.69) is 15.5 Å². The zero-order valence-corrected chi connectivity index (χ0v) is 18.2. The first-order valence-electron chi connectivity index (χ1n) is 10.4. The highest BCUT2D eigenvalue weighted by Gasteiger charge is 2.17. The van der Waals surface area contributed by atoms with E-state index in [1.165, 1.54) is 19.9 Å². The van der Waals surface area contributed by atoms with Crippen molar-refractivity contribution in [3.8, 4) is 0 Å². The molecule has 32 heavy (non-hydrogen) atoms. The van der Waals surface area contributed by atoms with E-state index in [4.69, 9.17) is 9.47 Å². The van der Waals surface area contributed by atoms with Crippen molar-refractivity contribution >= 4 is 40.9 Å². The standard InChI is InChI=1S/C24H27N3O5/c1-17(32-23(29)12-5-19-3-6-20(7-4-19)25-18(2)28)24(30)26-21-8-10-22(11-9-21)27-13-15-31-16-14-27/h3-12,17H,13-16H2,1-2H3,(H,25,28)(H,26,30)/b12-5+. The van der Waals surface area contributed by atoms with Crippen LogP contribution in [0.2, 0.25) is 0 Å². The van der Waals surface area contributed by atoms with Crippen molar-refractivity contribution in [1.29, 1.82) is 0 Å². The highest BCUT2D eigenvalue weighted by molar-refractivity contribution is 5.96. The van der Waals surface area contributed by atoms with Crippen LogP contribution in [-0.2, 0) is 23.9 Å². The van der Waals surface area contributed by atoms with E-state index in [9.17, 15) is 14.4 Å². The fraction of sp³-hybridized carbons (Fsp3) is 0.292. The van der Waals surface area contributed by atoms with E-state index in [1.807, 2.05) is 24.3 Å². The van der Waals surface area contributed by atoms with Gasteiger partial charge in [-0.25, -0.2) is 4.79 Å². The van der Waals surface area contributed by atoms with Crippen molar-refractivity contribution in [2.75, 3.05) is 41.8 Å². The predicted octanol–water partition coefficient (Wildman–Crippen LogP) is 3.07. The molecular weight excluding hydrogens is 410 g/mol. The van der Waals surface area contributed by atoms with Gasteiger partial charge in [0.05, 0.1) is 13.2 Å². The Hall–Kier alpha value is -3.65. The molecule has 2 aromatic carbocycles. The van der Waals surface area contributed by atoms with E-state index in [0.29, 0.717) is 24.6 Å². The Morgan fingerprint density at radius 2 is 1.56 bits per heavy atom. The van der Waals surface area contributed by atoms with Crippen LogP contribution in [0.3, 0.4) is 0 Å². The van der Waals surface area contributed by atoms with Gasteiger partial charge in [0, 0.05) is 43.2 Å². The Morgan fingerprint density at radius 3 is 2.19 bits per heavy atom. The monoisotopic (exact) mass is 437 g/mol. The molecule has 0 aromatic heterocycles. The van der Waals surface area contributed by atoms with Crippen LogP contribution in [0.1, 0.15) is 19.4 Å². The molecule has 0 aliphatic carbocycles. The number of rotatable bonds is 7. The maximum atomic E-state index is 12.4. The number of benzene rings is 2. The van der Waals surface area contributed by atoms with Crippen molar-refractivity contribution in [1.82, 2.24) is 0 Å². The summed E-state index contributed by atoms with van der Waals surface area (Å²) < 4.78 is 10.5. The van der Waals surface area contributed by atoms with E-state index < -0.39 is 18.0 Å². The second-order valence-corrected chi connectivity index (χ2v) is 7.35. The van der Waals surface area contributed by atoms with Gasteiger partial charge >= 0.3 is 5.97 Å². The number of nitrogens with zero attached hydrogens (tertiary/aromatic N) is 1. The zero-order chi connectivity index (χ0) is 22.9. The van der Waals surface area contributed by atoms with Gasteiger partial charge in [0.2, 0.25) is 5.91 Å². The highest BCUT2D eigenvalue weighted by Crippen LogP contribution is 2.19. The van der Waals surface area contributed by atoms with E-state index in [0.717, 1.165) is 24.3 Å². The molecule has 2 aromatic rings. The number of anilines is 3. The highest BCUT2D eigenvalue weighted by atomic mass is 16.5. The average molecular weight is 437 g/mol. The minimum Gasteiger partial charge on any atom is -0.449 e. The quantitative estimate of drug-likeness (QED) is 0.511. The van der Waals surface area contributed by atoms with Gasteiger partial charge in [-0.1, -0.05) is 12.1 Å². The number of nitrogens with one attached hydrogen (secondary N) is 2. The van der Waals surface area contributed by atoms with Crippen LogP contribution in [0.5, 0.6) is 0 Å². The van der Waals surface area contributed by atoms with Crippen molar-refractivity contribution in [3.63, 3.8) is 0 Å². The van der Waals surface area contributed by atoms with Crippen LogP contribution in [0.25, 0.3) is 6.08 Å². The summed E-state index contributed by atoms with van der Waals surface area (Å²) in [5.41, 5.74) is 3.12. The van der Waals surface area contributed by atoms with Gasteiger partial charge in [0.25, 0.3) is 5.91 Å². The lowest BCUT2D eigenvalue weighted by atomic mass is 10.2. The van der Waals surface area contributed by atoms with Crippen LogP contribution in [0.15, 0.2) is 54.6 Å². The number of esters is 1. The molecule has 168 valence electrons. The second-order valence-electron chi connectivity index (χ2n) is 7.35. The van der Waals surface area contributed by atoms with E-state index in [-0.39, 0.29) is 5.91 Å². The fourth-order valence-electron chi connectivity index (χ4n) is 3.13. The third kappa shape index (κ3) is 6.95. The minimum absolute atomic E-state index is 0.155. The van der Waals surface area contributed by atoms with Crippen LogP contribution in [0, 0.1) is 0 Å². The summed E-state index contributed by atoms with van der Waals surface area (Å²) in [5, 5.41) is 5.42. The first-order valence-corrected chi connectivity index (χ1v) is 10.4. The maximum Gasteiger partial charge on any atom is 0.331 e. The summed E-state index contributed by atoms with van der Waals surface area (Å²) in [5.74, 6) is -1.19. The molecule has 1 aliphatic heterocycles. The second kappa shape index (κ2) is 11.1. The molecule has 2 N–H and O–H groups in total. The van der Waals surface area contributed by atoms with E-state index in [1.54, 1.807) is 30.3 Å². The number of hydrogen-bond donors (Lipinski definition) is 2. The van der Waals surface area contributed by atoms with Crippen molar-refractivity contribution in [2.45, 2.75) is 20.0 Å². The number of morpholine rings is 1. The third-order valence-corrected chi connectivity index (χ3v) is 4.82. The van der Waals surface area contributed by atoms with Gasteiger partial charge < -0.3 is 25.0 Å². The fourth-order valence-corrected chi connectivity index (χ4v) is 3.13. The number of carbonyl (C=O) groups excluding carboxylic acids is 3. The molecule has 1 atom stereocenters. The summed E-state index contributed by atoms with van der Waals surface area (Å²) in [4.78, 5) is 37.7. The topological polar surface area (TPSA) is 97.0 Å². The van der Waals surface area contributed by atoms with Gasteiger partial charge in [-0.15, -0.1) is 0 Å². The molecule has 0 bridgehead atoms. The molecule has 8 heteroatoms. The van der Waals surface area contributed by atoms with Gasteiger partial charge in [-0.05, 0) is 55.0 Å². The summed E-state index contributed by atoms with van der Waals surface area (Å²) in [7, 11) is 0. The number of ether oxygens (including phenoxy) is 2. The van der Waals surface area contributed by atoms with Gasteiger partial charge in [0.1, 0.15) is 0 Å². The first kappa shape index (κ1) is 23.0. The van der Waals surface area contributed by atoms with Crippen LogP contribution in [0.4, 0.5) is 17.1 Å². The molecule has 0 saturated carbocycles. The molecule has 2 amide bonds. The van der Waals surface area contributed by atoms with Crippen molar-refractivity contribution in [2.24, 2.45) is 0 Å². The molecule has 0 spiro atoms. The number of hydrogen-bond acceptors (Lipinski definition) is 6.